The van der Waals surface area contributed by atoms with Crippen molar-refractivity contribution in [2.75, 3.05) is 6.61 Å². The van der Waals surface area contributed by atoms with Gasteiger partial charge in [-0.2, -0.15) is 0 Å². The van der Waals surface area contributed by atoms with Gasteiger partial charge < -0.3 is 10.4 Å². The number of halogens is 2. The molecule has 1 aromatic carbocycles. The highest BCUT2D eigenvalue weighted by Crippen LogP contribution is 2.24. The first-order valence-electron chi connectivity index (χ1n) is 7.45. The van der Waals surface area contributed by atoms with Gasteiger partial charge in [0.25, 0.3) is 0 Å². The van der Waals surface area contributed by atoms with Crippen molar-refractivity contribution in [1.82, 2.24) is 5.32 Å². The summed E-state index contributed by atoms with van der Waals surface area (Å²) in [5.74, 6) is -0.614. The number of nitrogens with one attached hydrogen (secondary N) is 1. The normalized spacial score (nSPS) is 22.6. The van der Waals surface area contributed by atoms with Crippen molar-refractivity contribution in [3.63, 3.8) is 0 Å². The molecule has 3 nitrogen and oxygen atoms in total. The Morgan fingerprint density at radius 1 is 1.33 bits per heavy atom. The molecule has 2 unspecified atom stereocenters. The monoisotopic (exact) mass is 313 g/mol. The highest BCUT2D eigenvalue weighted by Gasteiger charge is 2.25. The Hall–Kier alpha value is -1.13. The van der Waals surface area contributed by atoms with Gasteiger partial charge in [-0.25, -0.2) is 4.39 Å². The maximum atomic E-state index is 13.7. The van der Waals surface area contributed by atoms with Gasteiger partial charge in [-0.3, -0.25) is 4.79 Å². The van der Waals surface area contributed by atoms with Crippen molar-refractivity contribution in [1.29, 1.82) is 0 Å². The third-order valence-electron chi connectivity index (χ3n) is 4.14. The summed E-state index contributed by atoms with van der Waals surface area (Å²) in [6.07, 6.45) is 4.96. The predicted octanol–water partition coefficient (Wildman–Crippen LogP) is 3.08. The molecule has 1 aliphatic carbocycles. The highest BCUT2D eigenvalue weighted by atomic mass is 35.5. The van der Waals surface area contributed by atoms with E-state index in [0.29, 0.717) is 0 Å². The van der Waals surface area contributed by atoms with Gasteiger partial charge in [0.15, 0.2) is 0 Å². The van der Waals surface area contributed by atoms with Gasteiger partial charge in [0.05, 0.1) is 6.42 Å². The fraction of sp³-hybridized carbons (Fsp3) is 0.562. The van der Waals surface area contributed by atoms with Gasteiger partial charge in [0.2, 0.25) is 5.91 Å². The van der Waals surface area contributed by atoms with Crippen LogP contribution in [0.15, 0.2) is 18.2 Å². The molecule has 2 atom stereocenters. The fourth-order valence-electron chi connectivity index (χ4n) is 2.91. The Bertz CT molecular complexity index is 475. The molecule has 21 heavy (non-hydrogen) atoms. The summed E-state index contributed by atoms with van der Waals surface area (Å²) in [6.45, 7) is 0.0748. The van der Waals surface area contributed by atoms with Gasteiger partial charge in [-0.1, -0.05) is 36.9 Å². The van der Waals surface area contributed by atoms with E-state index in [1.807, 2.05) is 0 Å². The van der Waals surface area contributed by atoms with Crippen LogP contribution in [0.5, 0.6) is 0 Å². The zero-order valence-electron chi connectivity index (χ0n) is 11.9. The number of carbonyl (C=O) groups is 1. The molecular weight excluding hydrogens is 293 g/mol. The minimum absolute atomic E-state index is 0.0319. The first-order chi connectivity index (χ1) is 10.1. The average molecular weight is 314 g/mol. The number of hydrogen-bond acceptors (Lipinski definition) is 2. The van der Waals surface area contributed by atoms with E-state index in [9.17, 15) is 14.3 Å². The van der Waals surface area contributed by atoms with E-state index in [0.717, 1.165) is 32.1 Å². The van der Waals surface area contributed by atoms with Gasteiger partial charge in [0.1, 0.15) is 5.82 Å². The Kier molecular flexibility index (Phi) is 6.00. The minimum atomic E-state index is -0.461. The van der Waals surface area contributed by atoms with Crippen molar-refractivity contribution >= 4 is 17.5 Å². The van der Waals surface area contributed by atoms with Crippen LogP contribution in [0.1, 0.15) is 37.7 Å². The number of rotatable bonds is 4. The van der Waals surface area contributed by atoms with E-state index < -0.39 is 5.82 Å². The summed E-state index contributed by atoms with van der Waals surface area (Å²) in [5, 5.41) is 12.7. The van der Waals surface area contributed by atoms with Crippen LogP contribution in [0.3, 0.4) is 0 Å². The second kappa shape index (κ2) is 7.76. The van der Waals surface area contributed by atoms with Gasteiger partial charge >= 0.3 is 0 Å². The summed E-state index contributed by atoms with van der Waals surface area (Å²) in [6, 6.07) is 4.37. The zero-order chi connectivity index (χ0) is 15.2. The van der Waals surface area contributed by atoms with Gasteiger partial charge in [-0.15, -0.1) is 0 Å². The van der Waals surface area contributed by atoms with E-state index >= 15 is 0 Å². The van der Waals surface area contributed by atoms with Crippen molar-refractivity contribution in [2.45, 2.75) is 44.6 Å². The molecule has 2 rings (SSSR count). The van der Waals surface area contributed by atoms with E-state index in [1.54, 1.807) is 6.07 Å². The molecule has 0 spiro atoms. The van der Waals surface area contributed by atoms with Crippen molar-refractivity contribution in [3.05, 3.63) is 34.6 Å². The fourth-order valence-corrected chi connectivity index (χ4v) is 3.14. The van der Waals surface area contributed by atoms with E-state index in [2.05, 4.69) is 5.32 Å². The molecule has 1 saturated carbocycles. The van der Waals surface area contributed by atoms with Crippen molar-refractivity contribution in [2.24, 2.45) is 5.92 Å². The lowest BCUT2D eigenvalue weighted by Gasteiger charge is -2.24. The largest absolute Gasteiger partial charge is 0.396 e. The molecule has 0 aliphatic heterocycles. The third-order valence-corrected chi connectivity index (χ3v) is 4.49. The maximum Gasteiger partial charge on any atom is 0.224 e. The van der Waals surface area contributed by atoms with Crippen LogP contribution >= 0.6 is 11.6 Å². The molecule has 5 heteroatoms. The average Bonchev–Trinajstić information content (AvgIpc) is 2.68. The summed E-state index contributed by atoms with van der Waals surface area (Å²) in [7, 11) is 0. The minimum Gasteiger partial charge on any atom is -0.396 e. The quantitative estimate of drug-likeness (QED) is 0.839. The molecule has 1 aliphatic rings. The first-order valence-corrected chi connectivity index (χ1v) is 7.82. The maximum absolute atomic E-state index is 13.7. The molecule has 0 bridgehead atoms. The van der Waals surface area contributed by atoms with E-state index in [1.165, 1.54) is 12.1 Å². The van der Waals surface area contributed by atoms with Crippen LogP contribution in [0.25, 0.3) is 0 Å². The molecule has 0 aromatic heterocycles. The van der Waals surface area contributed by atoms with Crippen molar-refractivity contribution in [3.8, 4) is 0 Å². The van der Waals surface area contributed by atoms with Crippen LogP contribution in [0.4, 0.5) is 4.39 Å². The highest BCUT2D eigenvalue weighted by molar-refractivity contribution is 6.31. The molecule has 2 N–H and O–H groups in total. The van der Waals surface area contributed by atoms with Crippen LogP contribution < -0.4 is 5.32 Å². The molecule has 0 heterocycles. The summed E-state index contributed by atoms with van der Waals surface area (Å²) < 4.78 is 13.7. The van der Waals surface area contributed by atoms with Crippen molar-refractivity contribution < 1.29 is 14.3 Å². The molecule has 116 valence electrons. The van der Waals surface area contributed by atoms with E-state index in [4.69, 9.17) is 11.6 Å². The third kappa shape index (κ3) is 4.42. The Balaban J connectivity index is 2.00. The standard InChI is InChI=1S/C16H21ClFNO2/c17-13-6-4-7-14(18)12(13)9-16(21)19-15-8-3-1-2-5-11(15)10-20/h4,6-7,11,15,20H,1-3,5,8-10H2,(H,19,21). The molecule has 1 amide bonds. The Morgan fingerprint density at radius 3 is 2.81 bits per heavy atom. The topological polar surface area (TPSA) is 49.3 Å². The molecule has 0 radical (unpaired) electrons. The Morgan fingerprint density at radius 2 is 2.10 bits per heavy atom. The molecule has 1 fully saturated rings. The first kappa shape index (κ1) is 16.2. The lowest BCUT2D eigenvalue weighted by molar-refractivity contribution is -0.121. The number of benzene rings is 1. The molecule has 1 aromatic rings. The molecule has 0 saturated heterocycles. The second-order valence-electron chi connectivity index (χ2n) is 5.63. The van der Waals surface area contributed by atoms with Crippen LogP contribution in [-0.2, 0) is 11.2 Å². The molecular formula is C16H21ClFNO2. The summed E-state index contributed by atoms with van der Waals surface area (Å²) in [4.78, 5) is 12.1. The summed E-state index contributed by atoms with van der Waals surface area (Å²) in [5.41, 5.74) is 0.228. The van der Waals surface area contributed by atoms with Gasteiger partial charge in [0, 0.05) is 29.2 Å². The number of carbonyl (C=O) groups excluding carboxylic acids is 1. The lowest BCUT2D eigenvalue weighted by atomic mass is 9.95. The second-order valence-corrected chi connectivity index (χ2v) is 6.04. The number of aliphatic hydroxyl groups excluding tert-OH is 1. The predicted molar refractivity (Wildman–Crippen MR) is 80.7 cm³/mol. The number of aliphatic hydroxyl groups is 1. The van der Waals surface area contributed by atoms with E-state index in [-0.39, 0.29) is 41.5 Å². The number of amides is 1. The summed E-state index contributed by atoms with van der Waals surface area (Å²) >= 11 is 5.94. The zero-order valence-corrected chi connectivity index (χ0v) is 12.7. The van der Waals surface area contributed by atoms with Crippen LogP contribution in [0.2, 0.25) is 5.02 Å². The van der Waals surface area contributed by atoms with Crippen LogP contribution in [-0.4, -0.2) is 23.7 Å². The Labute approximate surface area is 129 Å². The van der Waals surface area contributed by atoms with Crippen LogP contribution in [0, 0.1) is 11.7 Å². The number of hydrogen-bond donors (Lipinski definition) is 2. The SMILES string of the molecule is O=C(Cc1c(F)cccc1Cl)NC1CCCCCC1CO. The lowest BCUT2D eigenvalue weighted by Crippen LogP contribution is -2.42. The smallest absolute Gasteiger partial charge is 0.224 e. The van der Waals surface area contributed by atoms with Gasteiger partial charge in [-0.05, 0) is 25.0 Å².